The number of carboxylic acids is 2. The number of nitrogens with two attached hydrogens (primary N) is 3. The molecule has 3 atom stereocenters. The van der Waals surface area contributed by atoms with Crippen molar-refractivity contribution < 1.29 is 29.3 Å². The average Bonchev–Trinajstić information content (AvgIpc) is 2.75. The molecule has 0 unspecified atom stereocenters. The van der Waals surface area contributed by atoms with Gasteiger partial charge in [-0.3, -0.25) is 9.59 Å². The van der Waals surface area contributed by atoms with Crippen LogP contribution in [0.25, 0.3) is 0 Å². The highest BCUT2D eigenvalue weighted by Gasteiger charge is 2.17. The van der Waals surface area contributed by atoms with Gasteiger partial charge < -0.3 is 32.2 Å². The van der Waals surface area contributed by atoms with Crippen LogP contribution in [-0.2, 0) is 27.2 Å². The van der Waals surface area contributed by atoms with Gasteiger partial charge >= 0.3 is 17.9 Å². The Hall–Kier alpha value is -2.92. The minimum Gasteiger partial charge on any atom is -0.480 e. The summed E-state index contributed by atoms with van der Waals surface area (Å²) in [6, 6.07) is 13.5. The Bertz CT molecular complexity index is 848. The van der Waals surface area contributed by atoms with Gasteiger partial charge in [0, 0.05) is 5.75 Å². The zero-order valence-electron chi connectivity index (χ0n) is 16.8. The summed E-state index contributed by atoms with van der Waals surface area (Å²) in [5.74, 6) is -2.03. The van der Waals surface area contributed by atoms with Crippen LogP contribution < -0.4 is 21.9 Å². The molecule has 0 heterocycles. The van der Waals surface area contributed by atoms with Gasteiger partial charge in [-0.25, -0.2) is 4.79 Å². The van der Waals surface area contributed by atoms with E-state index in [0.29, 0.717) is 12.2 Å². The third-order valence-electron chi connectivity index (χ3n) is 4.03. The Labute approximate surface area is 185 Å². The summed E-state index contributed by atoms with van der Waals surface area (Å²) in [6.07, 6.45) is 0.600. The molecule has 0 saturated heterocycles. The highest BCUT2D eigenvalue weighted by molar-refractivity contribution is 7.80. The molecule has 10 heteroatoms. The molecule has 0 spiro atoms. The molecule has 0 aromatic heterocycles. The quantitative estimate of drug-likeness (QED) is 0.180. The summed E-state index contributed by atoms with van der Waals surface area (Å²) >= 11 is 3.65. The van der Waals surface area contributed by atoms with Crippen molar-refractivity contribution in [3.05, 3.63) is 65.7 Å². The van der Waals surface area contributed by atoms with Gasteiger partial charge in [-0.05, 0) is 36.1 Å². The first-order valence-corrected chi connectivity index (χ1v) is 9.95. The van der Waals surface area contributed by atoms with Gasteiger partial charge in [0.1, 0.15) is 23.9 Å². The number of hydrogen-bond donors (Lipinski definition) is 6. The summed E-state index contributed by atoms with van der Waals surface area (Å²) in [4.78, 5) is 32.5. The van der Waals surface area contributed by atoms with Crippen molar-refractivity contribution >= 4 is 30.5 Å². The number of benzene rings is 2. The Balaban J connectivity index is 0.000000592. The van der Waals surface area contributed by atoms with E-state index in [-0.39, 0.29) is 12.2 Å². The molecule has 2 rings (SSSR count). The maximum Gasteiger partial charge on any atom is 0.328 e. The van der Waals surface area contributed by atoms with Crippen LogP contribution >= 0.6 is 12.6 Å². The second kappa shape index (κ2) is 13.4. The number of aliphatic carboxylic acids is 2. The van der Waals surface area contributed by atoms with Crippen molar-refractivity contribution in [1.29, 1.82) is 0 Å². The highest BCUT2D eigenvalue weighted by Crippen LogP contribution is 2.14. The molecule has 0 saturated carbocycles. The van der Waals surface area contributed by atoms with Crippen LogP contribution in [0.2, 0.25) is 0 Å². The molecular weight excluding hydrogens is 422 g/mol. The summed E-state index contributed by atoms with van der Waals surface area (Å²) in [7, 11) is 0. The standard InChI is InChI=1S/C18H20N2O4.C3H7NO2S/c19-15(17(21)22)10-13-6-8-14(9-7-13)24-18(23)16(20)11-12-4-2-1-3-5-12;4-2(1-7)3(5)6/h1-9,15-16H,10-11,19-20H2,(H,21,22);2,7H,1,4H2,(H,5,6)/t15-,16-;2-/m00/s1. The maximum absolute atomic E-state index is 12.0. The summed E-state index contributed by atoms with van der Waals surface area (Å²) in [5.41, 5.74) is 18.0. The van der Waals surface area contributed by atoms with Crippen molar-refractivity contribution in [1.82, 2.24) is 0 Å². The number of esters is 1. The van der Waals surface area contributed by atoms with Crippen LogP contribution in [0.3, 0.4) is 0 Å². The van der Waals surface area contributed by atoms with Gasteiger partial charge in [0.15, 0.2) is 0 Å². The van der Waals surface area contributed by atoms with Crippen LogP contribution in [0.15, 0.2) is 54.6 Å². The highest BCUT2D eigenvalue weighted by atomic mass is 32.1. The van der Waals surface area contributed by atoms with Gasteiger partial charge in [0.05, 0.1) is 0 Å². The molecule has 8 N–H and O–H groups in total. The fourth-order valence-corrected chi connectivity index (χ4v) is 2.41. The summed E-state index contributed by atoms with van der Waals surface area (Å²) in [6.45, 7) is 0. The molecule has 9 nitrogen and oxygen atoms in total. The zero-order valence-corrected chi connectivity index (χ0v) is 17.7. The molecule has 168 valence electrons. The fourth-order valence-electron chi connectivity index (χ4n) is 2.26. The van der Waals surface area contributed by atoms with E-state index >= 15 is 0 Å². The smallest absolute Gasteiger partial charge is 0.328 e. The van der Waals surface area contributed by atoms with E-state index in [9.17, 15) is 14.4 Å². The first-order chi connectivity index (χ1) is 14.6. The van der Waals surface area contributed by atoms with Crippen LogP contribution in [0.5, 0.6) is 5.75 Å². The van der Waals surface area contributed by atoms with Gasteiger partial charge in [-0.1, -0.05) is 42.5 Å². The number of carbonyl (C=O) groups is 3. The molecular formula is C21H27N3O6S. The van der Waals surface area contributed by atoms with Gasteiger partial charge in [0.25, 0.3) is 0 Å². The van der Waals surface area contributed by atoms with Crippen molar-refractivity contribution in [2.45, 2.75) is 31.0 Å². The van der Waals surface area contributed by atoms with E-state index < -0.39 is 36.0 Å². The van der Waals surface area contributed by atoms with E-state index in [2.05, 4.69) is 12.6 Å². The molecule has 0 aliphatic carbocycles. The van der Waals surface area contributed by atoms with E-state index in [1.165, 1.54) is 0 Å². The molecule has 0 aliphatic rings. The number of thiol groups is 1. The lowest BCUT2D eigenvalue weighted by Crippen LogP contribution is -2.36. The topological polar surface area (TPSA) is 179 Å². The average molecular weight is 450 g/mol. The molecule has 0 bridgehead atoms. The largest absolute Gasteiger partial charge is 0.480 e. The van der Waals surface area contributed by atoms with Gasteiger partial charge in [0.2, 0.25) is 0 Å². The second-order valence-corrected chi connectivity index (χ2v) is 7.00. The lowest BCUT2D eigenvalue weighted by atomic mass is 10.1. The fraction of sp³-hybridized carbons (Fsp3) is 0.286. The predicted octanol–water partition coefficient (Wildman–Crippen LogP) is 0.445. The molecule has 2 aromatic carbocycles. The first-order valence-electron chi connectivity index (χ1n) is 9.31. The monoisotopic (exact) mass is 449 g/mol. The predicted molar refractivity (Wildman–Crippen MR) is 119 cm³/mol. The Morgan fingerprint density at radius 3 is 1.71 bits per heavy atom. The van der Waals surface area contributed by atoms with E-state index in [0.717, 1.165) is 11.1 Å². The molecule has 0 radical (unpaired) electrons. The number of hydrogen-bond acceptors (Lipinski definition) is 8. The molecule has 0 aliphatic heterocycles. The van der Waals surface area contributed by atoms with E-state index in [1.54, 1.807) is 24.3 Å². The SMILES string of the molecule is N[C@@H](CS)C(=O)O.N[C@@H](Cc1ccc(OC(=O)[C@@H](N)Cc2ccccc2)cc1)C(=O)O. The minimum absolute atomic E-state index is 0.190. The first kappa shape index (κ1) is 26.1. The number of ether oxygens (including phenoxy) is 1. The van der Waals surface area contributed by atoms with Crippen molar-refractivity contribution in [3.8, 4) is 5.75 Å². The zero-order chi connectivity index (χ0) is 23.4. The molecule has 2 aromatic rings. The summed E-state index contributed by atoms with van der Waals surface area (Å²) < 4.78 is 5.24. The molecule has 0 amide bonds. The van der Waals surface area contributed by atoms with E-state index in [4.69, 9.17) is 32.2 Å². The minimum atomic E-state index is -1.06. The lowest BCUT2D eigenvalue weighted by Gasteiger charge is -2.12. The van der Waals surface area contributed by atoms with Crippen LogP contribution in [0.1, 0.15) is 11.1 Å². The lowest BCUT2D eigenvalue weighted by molar-refractivity contribution is -0.139. The van der Waals surface area contributed by atoms with Crippen LogP contribution in [-0.4, -0.2) is 52.0 Å². The van der Waals surface area contributed by atoms with E-state index in [1.807, 2.05) is 30.3 Å². The van der Waals surface area contributed by atoms with Crippen molar-refractivity contribution in [3.63, 3.8) is 0 Å². The van der Waals surface area contributed by atoms with Crippen molar-refractivity contribution in [2.24, 2.45) is 17.2 Å². The van der Waals surface area contributed by atoms with Crippen molar-refractivity contribution in [2.75, 3.05) is 5.75 Å². The Morgan fingerprint density at radius 2 is 1.26 bits per heavy atom. The third-order valence-corrected chi connectivity index (χ3v) is 4.42. The maximum atomic E-state index is 12.0. The molecule has 31 heavy (non-hydrogen) atoms. The van der Waals surface area contributed by atoms with Crippen LogP contribution in [0.4, 0.5) is 0 Å². The number of carboxylic acid groups (broad SMARTS) is 2. The second-order valence-electron chi connectivity index (χ2n) is 6.64. The normalized spacial score (nSPS) is 13.2. The van der Waals surface area contributed by atoms with Crippen LogP contribution in [0, 0.1) is 0 Å². The number of carbonyl (C=O) groups excluding carboxylic acids is 1. The van der Waals surface area contributed by atoms with Gasteiger partial charge in [-0.15, -0.1) is 0 Å². The van der Waals surface area contributed by atoms with Gasteiger partial charge in [-0.2, -0.15) is 12.6 Å². The molecule has 0 fully saturated rings. The Morgan fingerprint density at radius 1 is 0.774 bits per heavy atom. The third kappa shape index (κ3) is 10.1. The summed E-state index contributed by atoms with van der Waals surface area (Å²) in [5, 5.41) is 16.8. The Kier molecular flexibility index (Phi) is 11.3. The number of rotatable bonds is 9.